The van der Waals surface area contributed by atoms with Gasteiger partial charge in [0.05, 0.1) is 35.6 Å². The van der Waals surface area contributed by atoms with Crippen LogP contribution in [0.3, 0.4) is 0 Å². The lowest BCUT2D eigenvalue weighted by atomic mass is 10.0. The summed E-state index contributed by atoms with van der Waals surface area (Å²) in [5.74, 6) is 2.14. The number of piperidine rings is 1. The van der Waals surface area contributed by atoms with Crippen LogP contribution >= 0.6 is 15.9 Å². The van der Waals surface area contributed by atoms with Gasteiger partial charge in [0.2, 0.25) is 0 Å². The molecule has 0 aliphatic carbocycles. The molecule has 0 unspecified atom stereocenters. The quantitative estimate of drug-likeness (QED) is 0.159. The van der Waals surface area contributed by atoms with Crippen molar-refractivity contribution in [1.82, 2.24) is 24.6 Å². The summed E-state index contributed by atoms with van der Waals surface area (Å²) >= 11 is 3.70. The van der Waals surface area contributed by atoms with Crippen molar-refractivity contribution in [2.24, 2.45) is 0 Å². The Kier molecular flexibility index (Phi) is 9.01. The molecule has 236 valence electrons. The Morgan fingerprint density at radius 1 is 1.07 bits per heavy atom. The van der Waals surface area contributed by atoms with E-state index >= 15 is 0 Å². The highest BCUT2D eigenvalue weighted by atomic mass is 79.9. The first kappa shape index (κ1) is 30.8. The van der Waals surface area contributed by atoms with Gasteiger partial charge >= 0.3 is 6.09 Å². The minimum atomic E-state index is -0.947. The maximum Gasteiger partial charge on any atom is 0.407 e. The smallest absolute Gasteiger partial charge is 0.407 e. The molecule has 46 heavy (non-hydrogen) atoms. The predicted octanol–water partition coefficient (Wildman–Crippen LogP) is 6.45. The van der Waals surface area contributed by atoms with Crippen LogP contribution in [0.5, 0.6) is 11.5 Å². The average molecular weight is 687 g/mol. The van der Waals surface area contributed by atoms with Crippen LogP contribution in [-0.2, 0) is 6.54 Å². The van der Waals surface area contributed by atoms with Gasteiger partial charge in [0, 0.05) is 54.8 Å². The largest absolute Gasteiger partial charge is 0.497 e. The van der Waals surface area contributed by atoms with Gasteiger partial charge in [-0.3, -0.25) is 9.48 Å². The molecule has 0 saturated carbocycles. The fourth-order valence-electron chi connectivity index (χ4n) is 5.64. The molecule has 1 fully saturated rings. The lowest BCUT2D eigenvalue weighted by molar-refractivity contribution is 0.102. The van der Waals surface area contributed by atoms with Gasteiger partial charge in [-0.25, -0.2) is 14.8 Å². The molecule has 1 aliphatic heterocycles. The third kappa shape index (κ3) is 6.31. The number of nitrogens with one attached hydrogen (secondary N) is 2. The Hall–Kier alpha value is -5.17. The average Bonchev–Trinajstić information content (AvgIpc) is 3.50. The summed E-state index contributed by atoms with van der Waals surface area (Å²) in [6.45, 7) is 1.21. The third-order valence-corrected chi connectivity index (χ3v) is 8.54. The fourth-order valence-corrected chi connectivity index (χ4v) is 6.13. The number of anilines is 2. The number of carbonyl (C=O) groups is 2. The molecule has 1 atom stereocenters. The van der Waals surface area contributed by atoms with Crippen LogP contribution in [0.2, 0.25) is 0 Å². The van der Waals surface area contributed by atoms with Crippen molar-refractivity contribution in [3.8, 4) is 22.8 Å². The number of benzene rings is 2. The number of hydrogen-bond acceptors (Lipinski definition) is 8. The summed E-state index contributed by atoms with van der Waals surface area (Å²) in [5, 5.41) is 21.9. The summed E-state index contributed by atoms with van der Waals surface area (Å²) in [6, 6.07) is 17.9. The number of carboxylic acid groups (broad SMARTS) is 1. The molecule has 3 aromatic heterocycles. The van der Waals surface area contributed by atoms with Crippen LogP contribution in [-0.4, -0.2) is 69.1 Å². The number of methoxy groups -OCH3 is 2. The zero-order chi connectivity index (χ0) is 32.2. The van der Waals surface area contributed by atoms with Gasteiger partial charge in [-0.05, 0) is 65.2 Å². The van der Waals surface area contributed by atoms with Gasteiger partial charge < -0.3 is 30.1 Å². The van der Waals surface area contributed by atoms with E-state index in [-0.39, 0.29) is 11.9 Å². The van der Waals surface area contributed by atoms with Crippen molar-refractivity contribution in [3.63, 3.8) is 0 Å². The van der Waals surface area contributed by atoms with E-state index in [9.17, 15) is 14.7 Å². The Morgan fingerprint density at radius 3 is 2.61 bits per heavy atom. The molecular formula is C33H32BrN7O5. The van der Waals surface area contributed by atoms with Crippen LogP contribution in [0.4, 0.5) is 16.4 Å². The highest BCUT2D eigenvalue weighted by molar-refractivity contribution is 9.10. The second kappa shape index (κ2) is 13.4. The van der Waals surface area contributed by atoms with Crippen molar-refractivity contribution < 1.29 is 24.2 Å². The first-order valence-corrected chi connectivity index (χ1v) is 15.5. The number of aromatic nitrogens is 4. The Balaban J connectivity index is 1.40. The Labute approximate surface area is 273 Å². The molecule has 0 radical (unpaired) electrons. The van der Waals surface area contributed by atoms with E-state index in [1.807, 2.05) is 35.0 Å². The van der Waals surface area contributed by atoms with Crippen LogP contribution < -0.4 is 20.1 Å². The number of rotatable bonds is 9. The van der Waals surface area contributed by atoms with Gasteiger partial charge in [-0.1, -0.05) is 18.2 Å². The number of pyridine rings is 2. The normalized spacial score (nSPS) is 14.6. The van der Waals surface area contributed by atoms with Gasteiger partial charge in [0.1, 0.15) is 28.8 Å². The van der Waals surface area contributed by atoms with Gasteiger partial charge in [0.15, 0.2) is 0 Å². The maximum absolute atomic E-state index is 12.9. The molecule has 12 nitrogen and oxygen atoms in total. The van der Waals surface area contributed by atoms with E-state index in [0.29, 0.717) is 54.0 Å². The number of ether oxygens (including phenoxy) is 2. The van der Waals surface area contributed by atoms with Gasteiger partial charge in [-0.15, -0.1) is 0 Å². The third-order valence-electron chi connectivity index (χ3n) is 7.96. The molecule has 3 N–H and O–H groups in total. The number of likely N-dealkylation sites (tertiary alicyclic amines) is 1. The minimum Gasteiger partial charge on any atom is -0.497 e. The standard InChI is InChI=1S/C33H32BrN7O5/c1-45-24-13-12-22(26(16-24)46-2)17-36-31-28-29(20-8-10-21(11-9-20)32(42)38-27-7-3-4-14-35-27)39-41(30(28)25(34)18-37-31)23-6-5-15-40(19-23)33(43)44/h3-4,7-14,16,18,23H,5-6,15,17,19H2,1-2H3,(H,36,37)(H,43,44)(H,35,38,42)/t23-/m1/s1. The summed E-state index contributed by atoms with van der Waals surface area (Å²) in [7, 11) is 3.22. The van der Waals surface area contributed by atoms with Gasteiger partial charge in [0.25, 0.3) is 5.91 Å². The van der Waals surface area contributed by atoms with E-state index in [2.05, 4.69) is 31.5 Å². The molecular weight excluding hydrogens is 654 g/mol. The van der Waals surface area contributed by atoms with E-state index in [1.165, 1.54) is 4.90 Å². The monoisotopic (exact) mass is 685 g/mol. The molecule has 0 bridgehead atoms. The van der Waals surface area contributed by atoms with Crippen molar-refractivity contribution >= 4 is 50.5 Å². The van der Waals surface area contributed by atoms with Crippen molar-refractivity contribution in [2.45, 2.75) is 25.4 Å². The summed E-state index contributed by atoms with van der Waals surface area (Å²) in [4.78, 5) is 35.1. The van der Waals surface area contributed by atoms with Gasteiger partial charge in [-0.2, -0.15) is 5.10 Å². The van der Waals surface area contributed by atoms with Crippen LogP contribution in [0.1, 0.15) is 34.8 Å². The molecule has 1 saturated heterocycles. The van der Waals surface area contributed by atoms with Crippen LogP contribution in [0.25, 0.3) is 22.2 Å². The number of nitrogens with zero attached hydrogens (tertiary/aromatic N) is 5. The molecule has 4 heterocycles. The Morgan fingerprint density at radius 2 is 1.89 bits per heavy atom. The van der Waals surface area contributed by atoms with E-state index in [4.69, 9.17) is 19.6 Å². The molecule has 2 amide bonds. The highest BCUT2D eigenvalue weighted by Crippen LogP contribution is 2.39. The first-order valence-electron chi connectivity index (χ1n) is 14.7. The Bertz CT molecular complexity index is 1880. The SMILES string of the molecule is COc1ccc(CNc2ncc(Br)c3c2c(-c2ccc(C(=O)Nc4ccccn4)cc2)nn3[C@@H]2CCCN(C(=O)O)C2)c(OC)c1. The number of fused-ring (bicyclic) bond motifs is 1. The number of amides is 2. The molecule has 1 aliphatic rings. The summed E-state index contributed by atoms with van der Waals surface area (Å²) in [6.07, 6.45) is 3.88. The number of carbonyl (C=O) groups excluding carboxylic acids is 1. The highest BCUT2D eigenvalue weighted by Gasteiger charge is 2.29. The molecule has 13 heteroatoms. The lowest BCUT2D eigenvalue weighted by Gasteiger charge is -2.31. The zero-order valence-corrected chi connectivity index (χ0v) is 26.8. The fraction of sp³-hybridized carbons (Fsp3) is 0.242. The van der Waals surface area contributed by atoms with Crippen LogP contribution in [0, 0.1) is 0 Å². The second-order valence-corrected chi connectivity index (χ2v) is 11.6. The van der Waals surface area contributed by atoms with Crippen molar-refractivity contribution in [2.75, 3.05) is 37.9 Å². The molecule has 5 aromatic rings. The second-order valence-electron chi connectivity index (χ2n) is 10.8. The summed E-state index contributed by atoms with van der Waals surface area (Å²) in [5.41, 5.74) is 3.59. The molecule has 2 aromatic carbocycles. The number of halogens is 1. The topological polar surface area (TPSA) is 144 Å². The van der Waals surface area contributed by atoms with Crippen LogP contribution in [0.15, 0.2) is 77.5 Å². The molecule has 0 spiro atoms. The van der Waals surface area contributed by atoms with E-state index in [1.54, 1.807) is 56.9 Å². The van der Waals surface area contributed by atoms with E-state index < -0.39 is 6.09 Å². The number of hydrogen-bond donors (Lipinski definition) is 3. The van der Waals surface area contributed by atoms with Crippen molar-refractivity contribution in [3.05, 3.63) is 88.7 Å². The lowest BCUT2D eigenvalue weighted by Crippen LogP contribution is -2.40. The zero-order valence-electron chi connectivity index (χ0n) is 25.2. The van der Waals surface area contributed by atoms with E-state index in [0.717, 1.165) is 39.3 Å². The predicted molar refractivity (Wildman–Crippen MR) is 178 cm³/mol. The van der Waals surface area contributed by atoms with Crippen molar-refractivity contribution in [1.29, 1.82) is 0 Å². The molecule has 6 rings (SSSR count). The minimum absolute atomic E-state index is 0.183. The first-order chi connectivity index (χ1) is 22.4. The summed E-state index contributed by atoms with van der Waals surface area (Å²) < 4.78 is 13.6. The maximum atomic E-state index is 12.9.